The molecular weight excluding hydrogens is 286 g/mol. The Bertz CT molecular complexity index is 560. The largest absolute Gasteiger partial charge is 0.436 e. The minimum Gasteiger partial charge on any atom is -0.436 e. The summed E-state index contributed by atoms with van der Waals surface area (Å²) < 4.78 is 6.03. The normalized spacial score (nSPS) is 9.94. The van der Waals surface area contributed by atoms with Crippen LogP contribution in [0.3, 0.4) is 0 Å². The lowest BCUT2D eigenvalue weighted by Crippen LogP contribution is -2.12. The van der Waals surface area contributed by atoms with Crippen molar-refractivity contribution < 1.29 is 9.53 Å². The molecule has 5 nitrogen and oxygen atoms in total. The van der Waals surface area contributed by atoms with E-state index in [1.165, 1.54) is 6.07 Å². The zero-order valence-electron chi connectivity index (χ0n) is 8.63. The average molecular weight is 294 g/mol. The van der Waals surface area contributed by atoms with Crippen LogP contribution in [0.1, 0.15) is 10.5 Å². The fourth-order valence-corrected chi connectivity index (χ4v) is 1.50. The van der Waals surface area contributed by atoms with E-state index in [4.69, 9.17) is 10.5 Å². The molecule has 2 rings (SSSR count). The van der Waals surface area contributed by atoms with Gasteiger partial charge in [-0.15, -0.1) is 0 Å². The zero-order valence-corrected chi connectivity index (χ0v) is 10.2. The van der Waals surface area contributed by atoms with Gasteiger partial charge in [0.05, 0.1) is 0 Å². The molecule has 2 aromatic heterocycles. The van der Waals surface area contributed by atoms with Crippen LogP contribution in [-0.2, 0) is 0 Å². The number of hydrogen-bond donors (Lipinski definition) is 1. The average Bonchev–Trinajstić information content (AvgIpc) is 2.32. The first-order valence-electron chi connectivity index (χ1n) is 4.72. The first kappa shape index (κ1) is 11.5. The van der Waals surface area contributed by atoms with Crippen LogP contribution >= 0.6 is 15.9 Å². The molecule has 0 aliphatic heterocycles. The summed E-state index contributed by atoms with van der Waals surface area (Å²) in [5.41, 5.74) is 5.28. The molecule has 0 radical (unpaired) electrons. The van der Waals surface area contributed by atoms with Crippen LogP contribution in [0, 0.1) is 0 Å². The fraction of sp³-hybridized carbons (Fsp3) is 0. The second kappa shape index (κ2) is 4.92. The van der Waals surface area contributed by atoms with Crippen molar-refractivity contribution in [1.82, 2.24) is 9.97 Å². The monoisotopic (exact) mass is 293 g/mol. The Balaban J connectivity index is 2.28. The molecule has 0 saturated heterocycles. The van der Waals surface area contributed by atoms with Gasteiger partial charge >= 0.3 is 0 Å². The summed E-state index contributed by atoms with van der Waals surface area (Å²) >= 11 is 3.25. The quantitative estimate of drug-likeness (QED) is 0.880. The number of halogens is 1. The van der Waals surface area contributed by atoms with Crippen LogP contribution in [0.5, 0.6) is 11.6 Å². The van der Waals surface area contributed by atoms with E-state index in [0.717, 1.165) is 0 Å². The number of nitrogens with two attached hydrogens (primary N) is 1. The Morgan fingerprint density at radius 1 is 1.29 bits per heavy atom. The maximum Gasteiger partial charge on any atom is 0.267 e. The Labute approximate surface area is 106 Å². The summed E-state index contributed by atoms with van der Waals surface area (Å²) in [4.78, 5) is 18.9. The van der Waals surface area contributed by atoms with Crippen molar-refractivity contribution in [2.24, 2.45) is 5.73 Å². The van der Waals surface area contributed by atoms with Crippen molar-refractivity contribution in [1.29, 1.82) is 0 Å². The number of carbonyl (C=O) groups excluding carboxylic acids is 1. The van der Waals surface area contributed by atoms with Gasteiger partial charge < -0.3 is 10.5 Å². The highest BCUT2D eigenvalue weighted by molar-refractivity contribution is 9.10. The van der Waals surface area contributed by atoms with Gasteiger partial charge in [0.2, 0.25) is 5.88 Å². The van der Waals surface area contributed by atoms with Crippen molar-refractivity contribution >= 4 is 21.8 Å². The summed E-state index contributed by atoms with van der Waals surface area (Å²) in [6.45, 7) is 0. The summed E-state index contributed by atoms with van der Waals surface area (Å²) in [5.74, 6) is 0.206. The predicted molar refractivity (Wildman–Crippen MR) is 64.8 cm³/mol. The topological polar surface area (TPSA) is 78.1 Å². The first-order chi connectivity index (χ1) is 8.16. The van der Waals surface area contributed by atoms with Crippen molar-refractivity contribution in [2.45, 2.75) is 0 Å². The summed E-state index contributed by atoms with van der Waals surface area (Å²) in [6, 6.07) is 8.26. The lowest BCUT2D eigenvalue weighted by Gasteiger charge is -2.06. The van der Waals surface area contributed by atoms with E-state index in [1.54, 1.807) is 30.5 Å². The Hall–Kier alpha value is -1.95. The van der Waals surface area contributed by atoms with E-state index in [-0.39, 0.29) is 11.6 Å². The fourth-order valence-electron chi connectivity index (χ4n) is 1.17. The third-order valence-electron chi connectivity index (χ3n) is 1.92. The van der Waals surface area contributed by atoms with Crippen LogP contribution in [-0.4, -0.2) is 15.9 Å². The van der Waals surface area contributed by atoms with Gasteiger partial charge in [-0.05, 0) is 34.1 Å². The molecular formula is C11H8BrN3O2. The first-order valence-corrected chi connectivity index (χ1v) is 5.51. The number of rotatable bonds is 3. The van der Waals surface area contributed by atoms with Gasteiger partial charge in [-0.3, -0.25) is 4.79 Å². The molecule has 0 aromatic carbocycles. The Morgan fingerprint density at radius 3 is 2.82 bits per heavy atom. The molecule has 17 heavy (non-hydrogen) atoms. The van der Waals surface area contributed by atoms with Crippen LogP contribution in [0.4, 0.5) is 0 Å². The molecule has 2 N–H and O–H groups in total. The predicted octanol–water partition coefficient (Wildman–Crippen LogP) is 2.13. The van der Waals surface area contributed by atoms with Crippen LogP contribution < -0.4 is 10.5 Å². The van der Waals surface area contributed by atoms with Gasteiger partial charge in [0.15, 0.2) is 5.75 Å². The van der Waals surface area contributed by atoms with Crippen molar-refractivity contribution in [2.75, 3.05) is 0 Å². The van der Waals surface area contributed by atoms with Gasteiger partial charge in [0.1, 0.15) is 10.3 Å². The minimum atomic E-state index is -0.597. The summed E-state index contributed by atoms with van der Waals surface area (Å²) in [7, 11) is 0. The molecule has 0 unspecified atom stereocenters. The Morgan fingerprint density at radius 2 is 2.12 bits per heavy atom. The standard InChI is InChI=1S/C11H8BrN3O2/c12-10-8(4-2-6-14-10)17-9-5-1-3-7(15-9)11(13)16/h1-6H,(H2,13,16). The molecule has 2 aromatic rings. The molecule has 0 aliphatic carbocycles. The van der Waals surface area contributed by atoms with E-state index < -0.39 is 5.91 Å². The number of pyridine rings is 2. The lowest BCUT2D eigenvalue weighted by molar-refractivity contribution is 0.0995. The third-order valence-corrected chi connectivity index (χ3v) is 2.51. The van der Waals surface area contributed by atoms with E-state index >= 15 is 0 Å². The molecule has 86 valence electrons. The van der Waals surface area contributed by atoms with Crippen LogP contribution in [0.15, 0.2) is 41.1 Å². The van der Waals surface area contributed by atoms with Crippen molar-refractivity contribution in [3.8, 4) is 11.6 Å². The SMILES string of the molecule is NC(=O)c1cccc(Oc2cccnc2Br)n1. The number of nitrogens with zero attached hydrogens (tertiary/aromatic N) is 2. The number of hydrogen-bond acceptors (Lipinski definition) is 4. The van der Waals surface area contributed by atoms with Gasteiger partial charge in [-0.1, -0.05) is 6.07 Å². The highest BCUT2D eigenvalue weighted by Gasteiger charge is 2.06. The van der Waals surface area contributed by atoms with Gasteiger partial charge in [-0.2, -0.15) is 0 Å². The number of primary amides is 1. The molecule has 0 fully saturated rings. The smallest absolute Gasteiger partial charge is 0.267 e. The maximum atomic E-state index is 11.0. The van der Waals surface area contributed by atoms with Crippen molar-refractivity contribution in [3.05, 3.63) is 46.8 Å². The molecule has 0 aliphatic rings. The van der Waals surface area contributed by atoms with E-state index in [0.29, 0.717) is 10.4 Å². The van der Waals surface area contributed by atoms with Crippen LogP contribution in [0.25, 0.3) is 0 Å². The van der Waals surface area contributed by atoms with Gasteiger partial charge in [0, 0.05) is 12.3 Å². The second-order valence-electron chi connectivity index (χ2n) is 3.12. The molecule has 6 heteroatoms. The zero-order chi connectivity index (χ0) is 12.3. The molecule has 1 amide bonds. The molecule has 2 heterocycles. The van der Waals surface area contributed by atoms with E-state index in [2.05, 4.69) is 25.9 Å². The third kappa shape index (κ3) is 2.79. The highest BCUT2D eigenvalue weighted by atomic mass is 79.9. The second-order valence-corrected chi connectivity index (χ2v) is 3.87. The minimum absolute atomic E-state index is 0.155. The van der Waals surface area contributed by atoms with Crippen molar-refractivity contribution in [3.63, 3.8) is 0 Å². The summed E-state index contributed by atoms with van der Waals surface area (Å²) in [5, 5.41) is 0. The molecule has 0 atom stereocenters. The number of ether oxygens (including phenoxy) is 1. The lowest BCUT2D eigenvalue weighted by atomic mass is 10.3. The van der Waals surface area contributed by atoms with E-state index in [1.807, 2.05) is 0 Å². The number of carbonyl (C=O) groups is 1. The number of amides is 1. The highest BCUT2D eigenvalue weighted by Crippen LogP contribution is 2.26. The Kier molecular flexibility index (Phi) is 3.34. The number of aromatic nitrogens is 2. The molecule has 0 bridgehead atoms. The molecule has 0 saturated carbocycles. The maximum absolute atomic E-state index is 11.0. The molecule has 0 spiro atoms. The summed E-state index contributed by atoms with van der Waals surface area (Å²) in [6.07, 6.45) is 1.63. The van der Waals surface area contributed by atoms with Crippen LogP contribution in [0.2, 0.25) is 0 Å². The van der Waals surface area contributed by atoms with Gasteiger partial charge in [0.25, 0.3) is 5.91 Å². The van der Waals surface area contributed by atoms with Gasteiger partial charge in [-0.25, -0.2) is 9.97 Å². The van der Waals surface area contributed by atoms with E-state index in [9.17, 15) is 4.79 Å².